The van der Waals surface area contributed by atoms with Crippen molar-refractivity contribution in [2.24, 2.45) is 20.0 Å². The van der Waals surface area contributed by atoms with Crippen LogP contribution in [0.5, 0.6) is 0 Å². The monoisotopic (exact) mass is 496 g/mol. The maximum absolute atomic E-state index is 13.1. The summed E-state index contributed by atoms with van der Waals surface area (Å²) in [5.74, 6) is -2.97. The molecule has 1 aliphatic heterocycles. The molecule has 3 aromatic rings. The number of amides is 1. The molecule has 1 aliphatic rings. The highest BCUT2D eigenvalue weighted by molar-refractivity contribution is 7.10. The second-order valence-corrected chi connectivity index (χ2v) is 9.35. The fourth-order valence-corrected chi connectivity index (χ4v) is 5.06. The quantitative estimate of drug-likeness (QED) is 0.404. The summed E-state index contributed by atoms with van der Waals surface area (Å²) >= 11 is 1.41. The third-order valence-electron chi connectivity index (χ3n) is 6.11. The van der Waals surface area contributed by atoms with E-state index in [1.54, 1.807) is 4.90 Å². The van der Waals surface area contributed by atoms with Gasteiger partial charge in [-0.05, 0) is 30.5 Å². The first-order valence-corrected chi connectivity index (χ1v) is 11.7. The largest absolute Gasteiger partial charge is 0.457 e. The molecule has 2 N–H and O–H groups in total. The lowest BCUT2D eigenvalue weighted by atomic mass is 9.98. The summed E-state index contributed by atoms with van der Waals surface area (Å²) in [6.45, 7) is 1.19. The number of rotatable bonds is 6. The molecule has 2 atom stereocenters. The number of esters is 1. The van der Waals surface area contributed by atoms with E-state index < -0.39 is 47.1 Å². The van der Waals surface area contributed by atoms with Gasteiger partial charge in [-0.15, -0.1) is 11.3 Å². The van der Waals surface area contributed by atoms with Crippen LogP contribution >= 0.6 is 11.3 Å². The highest BCUT2D eigenvalue weighted by Gasteiger charge is 2.46. The Labute approximate surface area is 204 Å². The Morgan fingerprint density at radius 3 is 2.40 bits per heavy atom. The number of thiophene rings is 1. The lowest BCUT2D eigenvalue weighted by Crippen LogP contribution is -2.42. The zero-order chi connectivity index (χ0) is 25.4. The van der Waals surface area contributed by atoms with Gasteiger partial charge in [-0.3, -0.25) is 28.3 Å². The fraction of sp³-hybridized carbons (Fsp3) is 0.292. The number of aromatic nitrogens is 2. The minimum Gasteiger partial charge on any atom is -0.457 e. The van der Waals surface area contributed by atoms with E-state index in [2.05, 4.69) is 0 Å². The van der Waals surface area contributed by atoms with E-state index in [0.29, 0.717) is 5.69 Å². The first-order valence-electron chi connectivity index (χ1n) is 10.8. The minimum atomic E-state index is -0.871. The van der Waals surface area contributed by atoms with Crippen LogP contribution in [0.2, 0.25) is 0 Å². The molecule has 3 heterocycles. The molecule has 1 saturated heterocycles. The number of hydrogen-bond acceptors (Lipinski definition) is 8. The SMILES string of the molecule is Cc1ccc(N2C(=O)CC(C(=O)OCC(=O)c3c(N)n(C)c(=O)n(C)c3=O)C2c2cccs2)cc1. The van der Waals surface area contributed by atoms with Crippen molar-refractivity contribution in [2.75, 3.05) is 17.2 Å². The minimum absolute atomic E-state index is 0.0901. The Balaban J connectivity index is 1.59. The summed E-state index contributed by atoms with van der Waals surface area (Å²) in [5, 5.41) is 1.86. The lowest BCUT2D eigenvalue weighted by molar-refractivity contribution is -0.148. The number of anilines is 2. The zero-order valence-corrected chi connectivity index (χ0v) is 20.2. The second-order valence-electron chi connectivity index (χ2n) is 8.37. The predicted octanol–water partition coefficient (Wildman–Crippen LogP) is 1.56. The van der Waals surface area contributed by atoms with Gasteiger partial charge in [0.25, 0.3) is 5.56 Å². The molecule has 0 spiro atoms. The van der Waals surface area contributed by atoms with E-state index in [0.717, 1.165) is 19.6 Å². The normalized spacial score (nSPS) is 17.6. The van der Waals surface area contributed by atoms with Crippen LogP contribution < -0.4 is 21.9 Å². The Morgan fingerprint density at radius 1 is 1.09 bits per heavy atom. The van der Waals surface area contributed by atoms with Crippen molar-refractivity contribution in [1.29, 1.82) is 0 Å². The Morgan fingerprint density at radius 2 is 1.77 bits per heavy atom. The van der Waals surface area contributed by atoms with Crippen LogP contribution in [-0.2, 0) is 28.4 Å². The number of carbonyl (C=O) groups is 3. The average Bonchev–Trinajstić information content (AvgIpc) is 3.48. The van der Waals surface area contributed by atoms with Gasteiger partial charge in [-0.2, -0.15) is 0 Å². The molecule has 1 amide bonds. The van der Waals surface area contributed by atoms with Crippen LogP contribution in [0.25, 0.3) is 0 Å². The molecule has 4 rings (SSSR count). The molecule has 1 aromatic carbocycles. The number of Topliss-reactive ketones (excluding diaryl/α,β-unsaturated/α-hetero) is 1. The number of ether oxygens (including phenoxy) is 1. The topological polar surface area (TPSA) is 134 Å². The molecule has 2 aromatic heterocycles. The van der Waals surface area contributed by atoms with E-state index in [-0.39, 0.29) is 18.1 Å². The van der Waals surface area contributed by atoms with Gasteiger partial charge >= 0.3 is 11.7 Å². The Bertz CT molecular complexity index is 1420. The summed E-state index contributed by atoms with van der Waals surface area (Å²) in [6, 6.07) is 10.5. The predicted molar refractivity (Wildman–Crippen MR) is 130 cm³/mol. The van der Waals surface area contributed by atoms with Gasteiger partial charge in [0.15, 0.2) is 6.61 Å². The lowest BCUT2D eigenvalue weighted by Gasteiger charge is -2.27. The van der Waals surface area contributed by atoms with Gasteiger partial charge in [-0.1, -0.05) is 23.8 Å². The molecule has 0 saturated carbocycles. The number of nitrogens with two attached hydrogens (primary N) is 1. The van der Waals surface area contributed by atoms with Gasteiger partial charge in [0.2, 0.25) is 11.7 Å². The number of nitrogens with zero attached hydrogens (tertiary/aromatic N) is 3. The van der Waals surface area contributed by atoms with E-state index in [1.807, 2.05) is 48.7 Å². The number of nitrogen functional groups attached to an aromatic ring is 1. The van der Waals surface area contributed by atoms with Gasteiger partial charge < -0.3 is 15.4 Å². The second kappa shape index (κ2) is 9.34. The number of hydrogen-bond donors (Lipinski definition) is 1. The van der Waals surface area contributed by atoms with Crippen molar-refractivity contribution in [2.45, 2.75) is 19.4 Å². The number of ketones is 1. The van der Waals surface area contributed by atoms with Gasteiger partial charge in [0, 0.05) is 31.1 Å². The zero-order valence-electron chi connectivity index (χ0n) is 19.4. The van der Waals surface area contributed by atoms with Crippen LogP contribution in [0.1, 0.15) is 33.3 Å². The number of carbonyl (C=O) groups excluding carboxylic acids is 3. The summed E-state index contributed by atoms with van der Waals surface area (Å²) in [5.41, 5.74) is 5.53. The smallest absolute Gasteiger partial charge is 0.332 e. The van der Waals surface area contributed by atoms with Crippen molar-refractivity contribution in [3.05, 3.63) is 78.6 Å². The van der Waals surface area contributed by atoms with Crippen molar-refractivity contribution in [1.82, 2.24) is 9.13 Å². The fourth-order valence-electron chi connectivity index (χ4n) is 4.18. The van der Waals surface area contributed by atoms with Gasteiger partial charge in [0.1, 0.15) is 11.4 Å². The molecule has 182 valence electrons. The highest BCUT2D eigenvalue weighted by Crippen LogP contribution is 2.43. The summed E-state index contributed by atoms with van der Waals surface area (Å²) in [6.07, 6.45) is -0.0901. The van der Waals surface area contributed by atoms with Crippen LogP contribution in [0, 0.1) is 12.8 Å². The van der Waals surface area contributed by atoms with Crippen molar-refractivity contribution in [3.63, 3.8) is 0 Å². The van der Waals surface area contributed by atoms with Crippen LogP contribution in [0.15, 0.2) is 51.4 Å². The molecule has 10 nitrogen and oxygen atoms in total. The number of aryl methyl sites for hydroxylation is 1. The molecular weight excluding hydrogens is 472 g/mol. The maximum Gasteiger partial charge on any atom is 0.332 e. The average molecular weight is 497 g/mol. The summed E-state index contributed by atoms with van der Waals surface area (Å²) in [4.78, 5) is 65.7. The molecule has 11 heteroatoms. The van der Waals surface area contributed by atoms with E-state index >= 15 is 0 Å². The van der Waals surface area contributed by atoms with Crippen LogP contribution in [-0.4, -0.2) is 33.4 Å². The molecule has 2 unspecified atom stereocenters. The van der Waals surface area contributed by atoms with Crippen molar-refractivity contribution >= 4 is 40.5 Å². The molecule has 0 aliphatic carbocycles. The summed E-state index contributed by atoms with van der Waals surface area (Å²) in [7, 11) is 2.55. The third-order valence-corrected chi connectivity index (χ3v) is 7.05. The molecule has 0 bridgehead atoms. The van der Waals surface area contributed by atoms with Crippen molar-refractivity contribution < 1.29 is 19.1 Å². The van der Waals surface area contributed by atoms with E-state index in [1.165, 1.54) is 25.4 Å². The Hall–Kier alpha value is -3.99. The van der Waals surface area contributed by atoms with Gasteiger partial charge in [-0.25, -0.2) is 4.79 Å². The molecular formula is C24H24N4O6S. The van der Waals surface area contributed by atoms with E-state index in [9.17, 15) is 24.0 Å². The van der Waals surface area contributed by atoms with Crippen LogP contribution in [0.3, 0.4) is 0 Å². The number of benzene rings is 1. The molecule has 1 fully saturated rings. The first-order chi connectivity index (χ1) is 16.6. The van der Waals surface area contributed by atoms with Crippen molar-refractivity contribution in [3.8, 4) is 0 Å². The highest BCUT2D eigenvalue weighted by atomic mass is 32.1. The van der Waals surface area contributed by atoms with Crippen LogP contribution in [0.4, 0.5) is 11.5 Å². The summed E-state index contributed by atoms with van der Waals surface area (Å²) < 4.78 is 7.02. The first kappa shape index (κ1) is 24.1. The van der Waals surface area contributed by atoms with Gasteiger partial charge in [0.05, 0.1) is 12.0 Å². The standard InChI is InChI=1S/C24H24N4O6S/c1-13-6-8-14(9-7-13)28-18(30)11-15(20(28)17-5-4-10-35-17)23(32)34-12-16(29)19-21(25)26(2)24(33)27(3)22(19)31/h4-10,15,20H,11-12,25H2,1-3H3. The third kappa shape index (κ3) is 4.30. The molecule has 0 radical (unpaired) electrons. The maximum atomic E-state index is 13.1. The Kier molecular flexibility index (Phi) is 6.44. The molecule has 35 heavy (non-hydrogen) atoms. The van der Waals surface area contributed by atoms with E-state index in [4.69, 9.17) is 10.5 Å².